The molecule has 3 rings (SSSR count). The van der Waals surface area contributed by atoms with Gasteiger partial charge in [0.1, 0.15) is 5.56 Å². The molecule has 0 radical (unpaired) electrons. The molecule has 2 aromatic rings. The second-order valence-corrected chi connectivity index (χ2v) is 4.80. The molecule has 1 aliphatic rings. The molecule has 0 fully saturated rings. The number of rotatable bonds is 2. The van der Waals surface area contributed by atoms with E-state index in [1.54, 1.807) is 0 Å². The van der Waals surface area contributed by atoms with Gasteiger partial charge in [-0.05, 0) is 30.9 Å². The molecule has 21 heavy (non-hydrogen) atoms. The Bertz CT molecular complexity index is 722. The third kappa shape index (κ3) is 2.37. The van der Waals surface area contributed by atoms with Gasteiger partial charge in [0.15, 0.2) is 5.82 Å². The summed E-state index contributed by atoms with van der Waals surface area (Å²) in [7, 11) is 0. The molecule has 0 saturated heterocycles. The number of carboxylic acids is 1. The predicted molar refractivity (Wildman–Crippen MR) is 65.3 cm³/mol. The van der Waals surface area contributed by atoms with E-state index in [9.17, 15) is 23.1 Å². The first-order valence-corrected chi connectivity index (χ1v) is 6.24. The third-order valence-corrected chi connectivity index (χ3v) is 3.39. The Morgan fingerprint density at radius 3 is 2.71 bits per heavy atom. The highest BCUT2D eigenvalue weighted by atomic mass is 19.4. The highest BCUT2D eigenvalue weighted by Gasteiger charge is 2.33. The molecule has 8 heteroatoms. The summed E-state index contributed by atoms with van der Waals surface area (Å²) < 4.78 is 38.7. The topological polar surface area (TPSA) is 68.0 Å². The zero-order valence-corrected chi connectivity index (χ0v) is 10.7. The first-order valence-electron chi connectivity index (χ1n) is 6.24. The minimum atomic E-state index is -4.53. The van der Waals surface area contributed by atoms with E-state index in [1.807, 2.05) is 0 Å². The molecule has 0 bridgehead atoms. The number of hydrogen-bond donors (Lipinski definition) is 1. The number of nitrogens with zero attached hydrogens (tertiary/aromatic N) is 3. The Hall–Kier alpha value is -2.38. The van der Waals surface area contributed by atoms with Gasteiger partial charge in [-0.25, -0.2) is 14.5 Å². The van der Waals surface area contributed by atoms with Gasteiger partial charge in [0.05, 0.1) is 11.8 Å². The predicted octanol–water partition coefficient (Wildman–Crippen LogP) is 2.47. The molecular weight excluding hydrogens is 287 g/mol. The summed E-state index contributed by atoms with van der Waals surface area (Å²) in [4.78, 5) is 15.5. The molecule has 2 aromatic heterocycles. The maximum atomic E-state index is 12.6. The van der Waals surface area contributed by atoms with E-state index in [1.165, 1.54) is 6.07 Å². The number of fused-ring (bicyclic) bond motifs is 1. The summed E-state index contributed by atoms with van der Waals surface area (Å²) in [5.74, 6) is -1.32. The normalized spacial score (nSPS) is 14.2. The van der Waals surface area contributed by atoms with Crippen molar-refractivity contribution in [2.75, 3.05) is 0 Å². The van der Waals surface area contributed by atoms with Crippen molar-refractivity contribution in [2.45, 2.75) is 25.4 Å². The maximum absolute atomic E-state index is 12.6. The smallest absolute Gasteiger partial charge is 0.419 e. The fourth-order valence-electron chi connectivity index (χ4n) is 2.38. The molecule has 0 spiro atoms. The molecule has 0 unspecified atom stereocenters. The summed E-state index contributed by atoms with van der Waals surface area (Å²) in [5, 5.41) is 12.8. The summed E-state index contributed by atoms with van der Waals surface area (Å²) in [6, 6.07) is 1.47. The molecule has 0 saturated carbocycles. The largest absolute Gasteiger partial charge is 0.478 e. The van der Waals surface area contributed by atoms with Gasteiger partial charge in [-0.15, -0.1) is 0 Å². The van der Waals surface area contributed by atoms with Gasteiger partial charge in [0, 0.05) is 11.9 Å². The number of alkyl halides is 3. The average molecular weight is 297 g/mol. The molecule has 0 atom stereocenters. The molecule has 0 amide bonds. The molecular formula is C13H10F3N3O2. The van der Waals surface area contributed by atoms with E-state index < -0.39 is 17.7 Å². The summed E-state index contributed by atoms with van der Waals surface area (Å²) in [5.41, 5.74) is 0.465. The van der Waals surface area contributed by atoms with Crippen LogP contribution in [0.5, 0.6) is 0 Å². The Balaban J connectivity index is 2.13. The Labute approximate surface area is 117 Å². The summed E-state index contributed by atoms with van der Waals surface area (Å²) >= 11 is 0. The second kappa shape index (κ2) is 4.57. The number of hydrogen-bond acceptors (Lipinski definition) is 3. The van der Waals surface area contributed by atoms with Crippen LogP contribution < -0.4 is 0 Å². The first-order chi connectivity index (χ1) is 9.86. The number of pyridine rings is 1. The maximum Gasteiger partial charge on any atom is 0.419 e. The minimum absolute atomic E-state index is 0.0846. The molecule has 110 valence electrons. The summed E-state index contributed by atoms with van der Waals surface area (Å²) in [6.07, 6.45) is -0.849. The second-order valence-electron chi connectivity index (χ2n) is 4.80. The van der Waals surface area contributed by atoms with Crippen LogP contribution in [0.1, 0.15) is 33.6 Å². The Morgan fingerprint density at radius 1 is 1.33 bits per heavy atom. The van der Waals surface area contributed by atoms with Gasteiger partial charge in [-0.2, -0.15) is 18.3 Å². The standard InChI is InChI=1S/C13H10F3N3O2/c14-13(15,16)8-5-17-19(6-8)11-9(12(20)21)4-7-2-1-3-10(7)18-11/h4-6H,1-3H2,(H,20,21). The quantitative estimate of drug-likeness (QED) is 0.924. The molecule has 5 nitrogen and oxygen atoms in total. The van der Waals surface area contributed by atoms with Crippen molar-refractivity contribution in [3.8, 4) is 5.82 Å². The highest BCUT2D eigenvalue weighted by molar-refractivity contribution is 5.91. The number of halogens is 3. The first kappa shape index (κ1) is 13.6. The molecule has 0 aliphatic heterocycles. The van der Waals surface area contributed by atoms with Gasteiger partial charge < -0.3 is 5.11 Å². The lowest BCUT2D eigenvalue weighted by molar-refractivity contribution is -0.137. The van der Waals surface area contributed by atoms with Crippen LogP contribution in [-0.4, -0.2) is 25.8 Å². The number of aromatic carboxylic acids is 1. The lowest BCUT2D eigenvalue weighted by atomic mass is 10.1. The van der Waals surface area contributed by atoms with E-state index in [4.69, 9.17) is 0 Å². The van der Waals surface area contributed by atoms with Crippen LogP contribution >= 0.6 is 0 Å². The van der Waals surface area contributed by atoms with E-state index in [-0.39, 0.29) is 11.4 Å². The molecule has 0 aromatic carbocycles. The van der Waals surface area contributed by atoms with E-state index in [0.717, 1.165) is 35.0 Å². The van der Waals surface area contributed by atoms with Crippen molar-refractivity contribution in [3.05, 3.63) is 40.8 Å². The highest BCUT2D eigenvalue weighted by Crippen LogP contribution is 2.30. The van der Waals surface area contributed by atoms with E-state index in [2.05, 4.69) is 10.1 Å². The number of carboxylic acid groups (broad SMARTS) is 1. The number of aromatic nitrogens is 3. The van der Waals surface area contributed by atoms with E-state index >= 15 is 0 Å². The van der Waals surface area contributed by atoms with Crippen molar-refractivity contribution in [2.24, 2.45) is 0 Å². The van der Waals surface area contributed by atoms with Gasteiger partial charge in [0.2, 0.25) is 0 Å². The molecule has 1 aliphatic carbocycles. The minimum Gasteiger partial charge on any atom is -0.478 e. The number of aryl methyl sites for hydroxylation is 2. The Morgan fingerprint density at radius 2 is 2.10 bits per heavy atom. The fourth-order valence-corrected chi connectivity index (χ4v) is 2.38. The van der Waals surface area contributed by atoms with Gasteiger partial charge in [0.25, 0.3) is 0 Å². The van der Waals surface area contributed by atoms with Crippen LogP contribution in [0.25, 0.3) is 5.82 Å². The molecule has 1 N–H and O–H groups in total. The number of carbonyl (C=O) groups is 1. The molecule has 2 heterocycles. The zero-order valence-electron chi connectivity index (χ0n) is 10.7. The van der Waals surface area contributed by atoms with Crippen molar-refractivity contribution in [1.82, 2.24) is 14.8 Å². The SMILES string of the molecule is O=C(O)c1cc2c(nc1-n1cc(C(F)(F)F)cn1)CCC2. The lowest BCUT2D eigenvalue weighted by Crippen LogP contribution is -2.11. The van der Waals surface area contributed by atoms with Crippen molar-refractivity contribution < 1.29 is 23.1 Å². The Kier molecular flexibility index (Phi) is 2.96. The van der Waals surface area contributed by atoms with Crippen LogP contribution in [0.2, 0.25) is 0 Å². The van der Waals surface area contributed by atoms with Crippen molar-refractivity contribution in [3.63, 3.8) is 0 Å². The monoisotopic (exact) mass is 297 g/mol. The van der Waals surface area contributed by atoms with Gasteiger partial charge in [-0.1, -0.05) is 0 Å². The lowest BCUT2D eigenvalue weighted by Gasteiger charge is -2.08. The van der Waals surface area contributed by atoms with E-state index in [0.29, 0.717) is 12.6 Å². The average Bonchev–Trinajstić information content (AvgIpc) is 3.05. The van der Waals surface area contributed by atoms with Crippen molar-refractivity contribution in [1.29, 1.82) is 0 Å². The van der Waals surface area contributed by atoms with Crippen LogP contribution in [0.3, 0.4) is 0 Å². The van der Waals surface area contributed by atoms with Crippen LogP contribution in [0, 0.1) is 0 Å². The fraction of sp³-hybridized carbons (Fsp3) is 0.308. The van der Waals surface area contributed by atoms with Crippen molar-refractivity contribution >= 4 is 5.97 Å². The van der Waals surface area contributed by atoms with Crippen LogP contribution in [0.4, 0.5) is 13.2 Å². The third-order valence-electron chi connectivity index (χ3n) is 3.39. The van der Waals surface area contributed by atoms with Gasteiger partial charge in [-0.3, -0.25) is 0 Å². The zero-order chi connectivity index (χ0) is 15.2. The van der Waals surface area contributed by atoms with Crippen LogP contribution in [-0.2, 0) is 19.0 Å². The van der Waals surface area contributed by atoms with Crippen LogP contribution in [0.15, 0.2) is 18.5 Å². The van der Waals surface area contributed by atoms with Gasteiger partial charge >= 0.3 is 12.1 Å². The summed E-state index contributed by atoms with van der Waals surface area (Å²) in [6.45, 7) is 0.